The Morgan fingerprint density at radius 1 is 1.18 bits per heavy atom. The number of halogens is 3. The quantitative estimate of drug-likeness (QED) is 0.269. The van der Waals surface area contributed by atoms with Gasteiger partial charge in [-0.05, 0) is 74.3 Å². The zero-order chi connectivity index (χ0) is 30.1. The summed E-state index contributed by atoms with van der Waals surface area (Å²) < 4.78 is 55.3. The fourth-order valence-corrected chi connectivity index (χ4v) is 5.52. The summed E-state index contributed by atoms with van der Waals surface area (Å²) in [4.78, 5) is 31.1. The molecule has 2 atom stereocenters. The average Bonchev–Trinajstić information content (AvgIpc) is 3.86. The van der Waals surface area contributed by atoms with Crippen LogP contribution in [0.5, 0.6) is 0 Å². The molecule has 10 heteroatoms. The Morgan fingerprint density at radius 3 is 2.69 bits per heavy atom. The van der Waals surface area contributed by atoms with Crippen molar-refractivity contribution in [1.82, 2.24) is 24.5 Å². The largest absolute Gasteiger partial charge is 0.294 e. The first-order chi connectivity index (χ1) is 19.9. The summed E-state index contributed by atoms with van der Waals surface area (Å²) in [7, 11) is 0. The summed E-state index contributed by atoms with van der Waals surface area (Å²) in [6.45, 7) is 0.722. The summed E-state index contributed by atoms with van der Waals surface area (Å²) in [6, 6.07) is 5.93. The summed E-state index contributed by atoms with van der Waals surface area (Å²) in [6.07, 6.45) is 5.45. The first kappa shape index (κ1) is 22.1. The van der Waals surface area contributed by atoms with Gasteiger partial charge in [0.15, 0.2) is 11.6 Å². The van der Waals surface area contributed by atoms with Crippen LogP contribution in [0.1, 0.15) is 74.5 Å². The van der Waals surface area contributed by atoms with E-state index >= 15 is 8.78 Å². The van der Waals surface area contributed by atoms with Crippen molar-refractivity contribution in [3.05, 3.63) is 91.7 Å². The lowest BCUT2D eigenvalue weighted by Crippen LogP contribution is -2.24. The maximum absolute atomic E-state index is 16.2. The fourth-order valence-electron chi connectivity index (χ4n) is 5.24. The van der Waals surface area contributed by atoms with Gasteiger partial charge in [-0.25, -0.2) is 8.78 Å². The molecule has 0 N–H and O–H groups in total. The van der Waals surface area contributed by atoms with Gasteiger partial charge in [0.25, 0.3) is 5.56 Å². The maximum atomic E-state index is 16.2. The van der Waals surface area contributed by atoms with Gasteiger partial charge in [-0.2, -0.15) is 15.0 Å². The van der Waals surface area contributed by atoms with Gasteiger partial charge in [0.2, 0.25) is 0 Å². The van der Waals surface area contributed by atoms with E-state index in [1.165, 1.54) is 30.6 Å². The van der Waals surface area contributed by atoms with Crippen LogP contribution in [0.15, 0.2) is 41.5 Å². The number of nitrogens with zero attached hydrogens (tertiary/aromatic N) is 5. The molecule has 3 heterocycles. The Labute approximate surface area is 232 Å². The van der Waals surface area contributed by atoms with Crippen LogP contribution >= 0.6 is 11.6 Å². The van der Waals surface area contributed by atoms with E-state index in [9.17, 15) is 9.59 Å². The summed E-state index contributed by atoms with van der Waals surface area (Å²) in [5, 5.41) is 7.79. The van der Waals surface area contributed by atoms with Crippen LogP contribution in [0.3, 0.4) is 0 Å². The van der Waals surface area contributed by atoms with Crippen LogP contribution in [0, 0.1) is 31.4 Å². The van der Waals surface area contributed by atoms with E-state index in [0.29, 0.717) is 33.7 Å². The number of rotatable bonds is 7. The minimum absolute atomic E-state index is 0.104. The minimum Gasteiger partial charge on any atom is -0.294 e. The van der Waals surface area contributed by atoms with E-state index in [2.05, 4.69) is 15.2 Å². The number of hydrogen-bond acceptors (Lipinski definition) is 5. The first-order valence-electron chi connectivity index (χ1n) is 14.2. The van der Waals surface area contributed by atoms with Crippen molar-refractivity contribution in [3.8, 4) is 16.9 Å². The van der Waals surface area contributed by atoms with Crippen molar-refractivity contribution in [1.29, 1.82) is 0 Å². The molecule has 0 spiro atoms. The molecule has 2 fully saturated rings. The molecular weight excluding hydrogens is 524 g/mol. The number of hydrogen-bond donors (Lipinski definition) is 0. The molecule has 2 aliphatic carbocycles. The molecule has 0 aliphatic heterocycles. The lowest BCUT2D eigenvalue weighted by molar-refractivity contribution is 0.0972. The van der Waals surface area contributed by atoms with Crippen molar-refractivity contribution in [2.75, 3.05) is 0 Å². The van der Waals surface area contributed by atoms with E-state index in [4.69, 9.17) is 15.7 Å². The van der Waals surface area contributed by atoms with Gasteiger partial charge in [-0.15, -0.1) is 0 Å². The van der Waals surface area contributed by atoms with Crippen molar-refractivity contribution in [3.63, 3.8) is 0 Å². The molecule has 39 heavy (non-hydrogen) atoms. The fraction of sp³-hybridized carbons (Fsp3) is 0.345. The number of carbonyl (C=O) groups excluding carboxylic acids is 1. The number of pyridine rings is 2. The molecule has 7 nitrogen and oxygen atoms in total. The molecule has 0 radical (unpaired) electrons. The van der Waals surface area contributed by atoms with Crippen molar-refractivity contribution in [2.24, 2.45) is 12.9 Å². The SMILES string of the molecule is [2H]C([2H])([2H])n1ncc([C@H]2C[C@@H]2c2cc(C)n(-c3c(C)cnc(-c4cccc(C(=O)CC5CC5)c4F)c3F)c(=O)c2Cl)n1. The second-order valence-electron chi connectivity index (χ2n) is 10.4. The standard InChI is InChI=1S/C29H26ClF2N5O2/c1-14-12-33-27(18-6-4-5-17(25(18)31)23(38)10-16-7-8-16)26(32)28(14)37-15(2)9-21(24(30)29(37)39)19-11-20(19)22-13-34-36(3)35-22/h4-6,9,12-13,16,19-20H,7-8,10-11H2,1-3H3/t19-,20-/m0/s1/i3D3. The van der Waals surface area contributed by atoms with Crippen molar-refractivity contribution >= 4 is 17.4 Å². The third-order valence-corrected chi connectivity index (χ3v) is 7.95. The smallest absolute Gasteiger partial charge is 0.274 e. The summed E-state index contributed by atoms with van der Waals surface area (Å²) in [5.74, 6) is -2.20. The highest BCUT2D eigenvalue weighted by molar-refractivity contribution is 6.31. The molecule has 0 unspecified atom stereocenters. The molecule has 4 aromatic rings. The van der Waals surface area contributed by atoms with Crippen LogP contribution in [0.4, 0.5) is 8.78 Å². The Balaban J connectivity index is 1.37. The molecule has 2 saturated carbocycles. The van der Waals surface area contributed by atoms with Gasteiger partial charge in [0.05, 0.1) is 23.1 Å². The number of Topliss-reactive ketones (excluding diaryl/α,β-unsaturated/α-hetero) is 1. The Hall–Kier alpha value is -3.72. The highest BCUT2D eigenvalue weighted by atomic mass is 35.5. The second kappa shape index (κ2) is 9.48. The highest BCUT2D eigenvalue weighted by Gasteiger charge is 2.43. The maximum Gasteiger partial charge on any atom is 0.274 e. The molecule has 6 rings (SSSR count). The van der Waals surface area contributed by atoms with Crippen molar-refractivity contribution in [2.45, 2.75) is 51.4 Å². The number of ketones is 1. The molecular formula is C29H26ClF2N5O2. The van der Waals surface area contributed by atoms with Gasteiger partial charge in [0.1, 0.15) is 16.5 Å². The predicted octanol–water partition coefficient (Wildman–Crippen LogP) is 5.83. The lowest BCUT2D eigenvalue weighted by Gasteiger charge is -2.18. The van der Waals surface area contributed by atoms with Crippen LogP contribution in [0.2, 0.25) is 5.02 Å². The third kappa shape index (κ3) is 4.48. The number of benzene rings is 1. The third-order valence-electron chi connectivity index (χ3n) is 7.57. The topological polar surface area (TPSA) is 82.7 Å². The van der Waals surface area contributed by atoms with Gasteiger partial charge < -0.3 is 0 Å². The van der Waals surface area contributed by atoms with Gasteiger partial charge in [0, 0.05) is 40.9 Å². The van der Waals surface area contributed by atoms with Crippen LogP contribution in [-0.4, -0.2) is 30.3 Å². The average molecular weight is 553 g/mol. The molecule has 2 aliphatic rings. The van der Waals surface area contributed by atoms with E-state index in [-0.39, 0.29) is 57.5 Å². The van der Waals surface area contributed by atoms with Gasteiger partial charge in [-0.1, -0.05) is 17.7 Å². The summed E-state index contributed by atoms with van der Waals surface area (Å²) >= 11 is 6.57. The molecule has 3 aromatic heterocycles. The normalized spacial score (nSPS) is 19.9. The zero-order valence-electron chi connectivity index (χ0n) is 24.2. The van der Waals surface area contributed by atoms with Crippen molar-refractivity contribution < 1.29 is 17.7 Å². The van der Waals surface area contributed by atoms with Crippen LogP contribution in [-0.2, 0) is 6.98 Å². The molecule has 0 amide bonds. The molecule has 1 aromatic carbocycles. The van der Waals surface area contributed by atoms with Crippen LogP contribution in [0.25, 0.3) is 16.9 Å². The molecule has 0 bridgehead atoms. The van der Waals surface area contributed by atoms with E-state index in [1.54, 1.807) is 19.9 Å². The second-order valence-corrected chi connectivity index (χ2v) is 10.8. The lowest BCUT2D eigenvalue weighted by atomic mass is 9.99. The van der Waals surface area contributed by atoms with Gasteiger partial charge in [-0.3, -0.25) is 19.1 Å². The Bertz CT molecular complexity index is 1820. The molecule has 0 saturated heterocycles. The number of aromatic nitrogens is 5. The monoisotopic (exact) mass is 552 g/mol. The Kier molecular flexibility index (Phi) is 5.38. The number of carbonyl (C=O) groups is 1. The van der Waals surface area contributed by atoms with E-state index < -0.39 is 24.2 Å². The zero-order valence-corrected chi connectivity index (χ0v) is 22.0. The predicted molar refractivity (Wildman–Crippen MR) is 142 cm³/mol. The van der Waals surface area contributed by atoms with E-state index in [1.807, 2.05) is 0 Å². The summed E-state index contributed by atoms with van der Waals surface area (Å²) in [5.41, 5.74) is 0.380. The Morgan fingerprint density at radius 2 is 1.97 bits per heavy atom. The van der Waals surface area contributed by atoms with E-state index in [0.717, 1.165) is 17.4 Å². The highest BCUT2D eigenvalue weighted by Crippen LogP contribution is 2.55. The van der Waals surface area contributed by atoms with Crippen LogP contribution < -0.4 is 5.56 Å². The first-order valence-corrected chi connectivity index (χ1v) is 13.1. The molecule has 200 valence electrons. The number of aryl methyl sites for hydroxylation is 3. The minimum atomic E-state index is -2.50. The van der Waals surface area contributed by atoms with Gasteiger partial charge >= 0.3 is 0 Å².